The van der Waals surface area contributed by atoms with Gasteiger partial charge in [0.15, 0.2) is 0 Å². The van der Waals surface area contributed by atoms with Gasteiger partial charge in [0.05, 0.1) is 5.75 Å². The number of carboxylic acid groups (broad SMARTS) is 1. The largest absolute Gasteiger partial charge is 0.481 e. The smallest absolute Gasteiger partial charge is 0.313 e. The average Bonchev–Trinajstić information content (AvgIpc) is 2.15. The topological polar surface area (TPSA) is 49.3 Å². The van der Waals surface area contributed by atoms with Gasteiger partial charge in [0.2, 0.25) is 0 Å². The van der Waals surface area contributed by atoms with Gasteiger partial charge in [-0.2, -0.15) is 0 Å². The molecule has 15 heavy (non-hydrogen) atoms. The number of rotatable bonds is 3. The maximum absolute atomic E-state index is 10.3. The van der Waals surface area contributed by atoms with E-state index in [2.05, 4.69) is 5.32 Å². The second kappa shape index (κ2) is 5.95. The van der Waals surface area contributed by atoms with Crippen LogP contribution in [0.3, 0.4) is 0 Å². The summed E-state index contributed by atoms with van der Waals surface area (Å²) >= 11 is 11.8. The van der Waals surface area contributed by atoms with Gasteiger partial charge in [-0.3, -0.25) is 4.79 Å². The Hall–Kier alpha value is -0.780. The number of hydrogen-bond donors (Lipinski definition) is 2. The molecule has 2 N–H and O–H groups in total. The summed E-state index contributed by atoms with van der Waals surface area (Å²) in [6.07, 6.45) is 0. The molecule has 0 aromatic heterocycles. The zero-order valence-electron chi connectivity index (χ0n) is 7.57. The number of carbonyl (C=O) groups is 1. The van der Waals surface area contributed by atoms with Gasteiger partial charge in [0.25, 0.3) is 0 Å². The van der Waals surface area contributed by atoms with Crippen LogP contribution in [0.15, 0.2) is 24.3 Å². The van der Waals surface area contributed by atoms with Crippen LogP contribution in [0.4, 0.5) is 5.69 Å². The van der Waals surface area contributed by atoms with Crippen molar-refractivity contribution < 1.29 is 9.90 Å². The van der Waals surface area contributed by atoms with Gasteiger partial charge in [-0.05, 0) is 18.2 Å². The van der Waals surface area contributed by atoms with Crippen LogP contribution in [-0.4, -0.2) is 21.1 Å². The number of aliphatic carboxylic acids is 1. The van der Waals surface area contributed by atoms with Crippen LogP contribution in [0.25, 0.3) is 0 Å². The highest BCUT2D eigenvalue weighted by molar-refractivity contribution is 8.23. The maximum Gasteiger partial charge on any atom is 0.313 e. The van der Waals surface area contributed by atoms with Gasteiger partial charge in [0.1, 0.15) is 4.32 Å². The first-order valence-electron chi connectivity index (χ1n) is 3.99. The number of hydrogen-bond acceptors (Lipinski definition) is 3. The Labute approximate surface area is 102 Å². The minimum atomic E-state index is -0.893. The zero-order valence-corrected chi connectivity index (χ0v) is 9.96. The summed E-state index contributed by atoms with van der Waals surface area (Å²) < 4.78 is 0.416. The van der Waals surface area contributed by atoms with E-state index in [1.807, 2.05) is 0 Å². The van der Waals surface area contributed by atoms with Crippen molar-refractivity contribution in [1.29, 1.82) is 0 Å². The van der Waals surface area contributed by atoms with Gasteiger partial charge in [0, 0.05) is 10.7 Å². The minimum Gasteiger partial charge on any atom is -0.481 e. The van der Waals surface area contributed by atoms with Crippen molar-refractivity contribution in [2.75, 3.05) is 11.1 Å². The second-order valence-electron chi connectivity index (χ2n) is 2.61. The van der Waals surface area contributed by atoms with Gasteiger partial charge >= 0.3 is 5.97 Å². The van der Waals surface area contributed by atoms with Crippen LogP contribution in [0.2, 0.25) is 5.02 Å². The minimum absolute atomic E-state index is 0.0492. The first kappa shape index (κ1) is 12.3. The molecule has 0 fully saturated rings. The highest BCUT2D eigenvalue weighted by atomic mass is 35.5. The summed E-state index contributed by atoms with van der Waals surface area (Å²) in [4.78, 5) is 10.3. The molecule has 0 aliphatic carbocycles. The lowest BCUT2D eigenvalue weighted by atomic mass is 10.3. The molecular formula is C9H8ClNO2S2. The summed E-state index contributed by atoms with van der Waals surface area (Å²) in [5.74, 6) is -0.942. The lowest BCUT2D eigenvalue weighted by Gasteiger charge is -2.06. The molecule has 80 valence electrons. The highest BCUT2D eigenvalue weighted by Crippen LogP contribution is 2.16. The third-order valence-corrected chi connectivity index (χ3v) is 2.84. The molecule has 0 aliphatic heterocycles. The molecule has 0 heterocycles. The second-order valence-corrected chi connectivity index (χ2v) is 4.69. The summed E-state index contributed by atoms with van der Waals surface area (Å²) in [6.45, 7) is 0. The molecule has 3 nitrogen and oxygen atoms in total. The Morgan fingerprint density at radius 2 is 2.33 bits per heavy atom. The quantitative estimate of drug-likeness (QED) is 0.820. The molecule has 6 heteroatoms. The summed E-state index contributed by atoms with van der Waals surface area (Å²) in [7, 11) is 0. The lowest BCUT2D eigenvalue weighted by Crippen LogP contribution is -2.08. The Morgan fingerprint density at radius 3 is 2.93 bits per heavy atom. The van der Waals surface area contributed by atoms with E-state index in [0.717, 1.165) is 17.4 Å². The summed E-state index contributed by atoms with van der Waals surface area (Å²) in [5.41, 5.74) is 0.755. The van der Waals surface area contributed by atoms with E-state index in [-0.39, 0.29) is 5.75 Å². The van der Waals surface area contributed by atoms with Crippen LogP contribution < -0.4 is 5.32 Å². The van der Waals surface area contributed by atoms with E-state index >= 15 is 0 Å². The van der Waals surface area contributed by atoms with Crippen molar-refractivity contribution in [2.24, 2.45) is 0 Å². The molecule has 1 aromatic rings. The van der Waals surface area contributed by atoms with Gasteiger partial charge in [-0.1, -0.05) is 41.6 Å². The van der Waals surface area contributed by atoms with E-state index in [1.54, 1.807) is 24.3 Å². The molecule has 0 spiro atoms. The van der Waals surface area contributed by atoms with Gasteiger partial charge in [-0.15, -0.1) is 0 Å². The van der Waals surface area contributed by atoms with Crippen molar-refractivity contribution >= 4 is 51.6 Å². The number of anilines is 1. The first-order chi connectivity index (χ1) is 7.08. The average molecular weight is 262 g/mol. The molecule has 0 saturated heterocycles. The van der Waals surface area contributed by atoms with Crippen molar-refractivity contribution in [2.45, 2.75) is 0 Å². The third kappa shape index (κ3) is 5.01. The van der Waals surface area contributed by atoms with E-state index < -0.39 is 5.97 Å². The highest BCUT2D eigenvalue weighted by Gasteiger charge is 2.02. The van der Waals surface area contributed by atoms with Crippen LogP contribution >= 0.6 is 35.6 Å². The number of thioether (sulfide) groups is 1. The summed E-state index contributed by atoms with van der Waals surface area (Å²) in [5, 5.41) is 11.9. The Bertz CT molecular complexity index is 384. The van der Waals surface area contributed by atoms with Crippen molar-refractivity contribution in [3.63, 3.8) is 0 Å². The van der Waals surface area contributed by atoms with E-state index in [0.29, 0.717) is 9.34 Å². The van der Waals surface area contributed by atoms with Gasteiger partial charge in [-0.25, -0.2) is 0 Å². The fourth-order valence-corrected chi connectivity index (χ4v) is 1.78. The molecule has 0 saturated carbocycles. The molecule has 0 unspecified atom stereocenters. The number of carboxylic acids is 1. The molecule has 0 aliphatic rings. The van der Waals surface area contributed by atoms with Crippen molar-refractivity contribution in [3.05, 3.63) is 29.3 Å². The van der Waals surface area contributed by atoms with Crippen molar-refractivity contribution in [3.8, 4) is 0 Å². The monoisotopic (exact) mass is 261 g/mol. The fraction of sp³-hybridized carbons (Fsp3) is 0.111. The zero-order chi connectivity index (χ0) is 11.3. The third-order valence-electron chi connectivity index (χ3n) is 1.40. The number of thiocarbonyl (C=S) groups is 1. The standard InChI is InChI=1S/C9H8ClNO2S2/c10-6-2-1-3-7(4-6)11-9(14)15-5-8(12)13/h1-4H,5H2,(H,11,14)(H,12,13). The predicted molar refractivity (Wildman–Crippen MR) is 67.8 cm³/mol. The molecular weight excluding hydrogens is 254 g/mol. The predicted octanol–water partition coefficient (Wildman–Crippen LogP) is 2.85. The normalized spacial score (nSPS) is 9.67. The van der Waals surface area contributed by atoms with Crippen LogP contribution in [0.5, 0.6) is 0 Å². The molecule has 0 amide bonds. The van der Waals surface area contributed by atoms with E-state index in [4.69, 9.17) is 28.9 Å². The number of benzene rings is 1. The van der Waals surface area contributed by atoms with E-state index in [9.17, 15) is 4.79 Å². The van der Waals surface area contributed by atoms with Crippen LogP contribution in [0.1, 0.15) is 0 Å². The molecule has 0 radical (unpaired) electrons. The maximum atomic E-state index is 10.3. The molecule has 0 bridgehead atoms. The Balaban J connectivity index is 2.48. The van der Waals surface area contributed by atoms with E-state index in [1.165, 1.54) is 0 Å². The fourth-order valence-electron chi connectivity index (χ4n) is 0.847. The molecule has 1 aromatic carbocycles. The SMILES string of the molecule is O=C(O)CSC(=S)Nc1cccc(Cl)c1. The number of nitrogens with one attached hydrogen (secondary N) is 1. The number of halogens is 1. The van der Waals surface area contributed by atoms with Crippen molar-refractivity contribution in [1.82, 2.24) is 0 Å². The Morgan fingerprint density at radius 1 is 1.60 bits per heavy atom. The molecule has 1 rings (SSSR count). The lowest BCUT2D eigenvalue weighted by molar-refractivity contribution is -0.133. The van der Waals surface area contributed by atoms with Gasteiger partial charge < -0.3 is 10.4 Å². The molecule has 0 atom stereocenters. The Kier molecular flexibility index (Phi) is 4.87. The van der Waals surface area contributed by atoms with Crippen LogP contribution in [0, 0.1) is 0 Å². The summed E-state index contributed by atoms with van der Waals surface area (Å²) in [6, 6.07) is 7.06. The first-order valence-corrected chi connectivity index (χ1v) is 5.76. The van der Waals surface area contributed by atoms with Crippen LogP contribution in [-0.2, 0) is 4.79 Å².